The molecule has 3 rings (SSSR count). The molecule has 1 aromatic heterocycles. The molecule has 0 fully saturated rings. The topological polar surface area (TPSA) is 43.8 Å². The van der Waals surface area contributed by atoms with Crippen molar-refractivity contribution in [2.24, 2.45) is 5.73 Å². The first-order valence-electron chi connectivity index (χ1n) is 7.49. The van der Waals surface area contributed by atoms with Gasteiger partial charge in [-0.3, -0.25) is 0 Å². The van der Waals surface area contributed by atoms with Gasteiger partial charge in [-0.05, 0) is 56.7 Å². The summed E-state index contributed by atoms with van der Waals surface area (Å²) in [6, 6.07) is 4.42. The van der Waals surface area contributed by atoms with E-state index in [1.54, 1.807) is 0 Å². The highest BCUT2D eigenvalue weighted by Crippen LogP contribution is 2.32. The molecule has 0 atom stereocenters. The Morgan fingerprint density at radius 3 is 2.70 bits per heavy atom. The zero-order chi connectivity index (χ0) is 14.3. The van der Waals surface area contributed by atoms with E-state index in [-0.39, 0.29) is 0 Å². The third-order valence-corrected chi connectivity index (χ3v) is 4.69. The van der Waals surface area contributed by atoms with Crippen LogP contribution in [0.1, 0.15) is 41.1 Å². The van der Waals surface area contributed by atoms with Gasteiger partial charge in [-0.25, -0.2) is 4.98 Å². The van der Waals surface area contributed by atoms with E-state index in [0.717, 1.165) is 24.5 Å². The highest BCUT2D eigenvalue weighted by molar-refractivity contribution is 5.68. The van der Waals surface area contributed by atoms with E-state index in [1.165, 1.54) is 40.8 Å². The Morgan fingerprint density at radius 2 is 1.95 bits per heavy atom. The number of nitrogens with two attached hydrogens (primary N) is 1. The minimum absolute atomic E-state index is 0.525. The standard InChI is InChI=1S/C17H23N3/c1-11-7-8-14(13(3)12(11)2)17-15-6-4-5-9-20(15)16(10-18)19-17/h7-8H,4-6,9-10,18H2,1-3H3. The largest absolute Gasteiger partial charge is 0.330 e. The molecular formula is C17H23N3. The maximum Gasteiger partial charge on any atom is 0.123 e. The second-order valence-corrected chi connectivity index (χ2v) is 5.82. The quantitative estimate of drug-likeness (QED) is 0.909. The number of nitrogens with zero attached hydrogens (tertiary/aromatic N) is 2. The van der Waals surface area contributed by atoms with Gasteiger partial charge in [0.05, 0.1) is 12.2 Å². The van der Waals surface area contributed by atoms with Crippen molar-refractivity contribution in [3.8, 4) is 11.3 Å². The Morgan fingerprint density at radius 1 is 1.15 bits per heavy atom. The highest BCUT2D eigenvalue weighted by atomic mass is 15.1. The fourth-order valence-electron chi connectivity index (χ4n) is 3.20. The molecule has 2 aromatic rings. The van der Waals surface area contributed by atoms with Gasteiger partial charge < -0.3 is 10.3 Å². The van der Waals surface area contributed by atoms with Crippen molar-refractivity contribution in [3.63, 3.8) is 0 Å². The number of aryl methyl sites for hydroxylation is 1. The number of fused-ring (bicyclic) bond motifs is 1. The molecule has 2 N–H and O–H groups in total. The lowest BCUT2D eigenvalue weighted by molar-refractivity contribution is 0.515. The van der Waals surface area contributed by atoms with Crippen LogP contribution in [-0.2, 0) is 19.5 Å². The Bertz CT molecular complexity index is 653. The number of aromatic nitrogens is 2. The van der Waals surface area contributed by atoms with Gasteiger partial charge in [0.15, 0.2) is 0 Å². The van der Waals surface area contributed by atoms with E-state index in [0.29, 0.717) is 6.54 Å². The van der Waals surface area contributed by atoms with Crippen molar-refractivity contribution in [1.82, 2.24) is 9.55 Å². The molecule has 1 aliphatic heterocycles. The maximum absolute atomic E-state index is 5.87. The molecule has 2 heterocycles. The van der Waals surface area contributed by atoms with E-state index < -0.39 is 0 Å². The van der Waals surface area contributed by atoms with Crippen molar-refractivity contribution in [2.45, 2.75) is 53.1 Å². The second kappa shape index (κ2) is 5.06. The summed E-state index contributed by atoms with van der Waals surface area (Å²) >= 11 is 0. The van der Waals surface area contributed by atoms with Crippen LogP contribution in [-0.4, -0.2) is 9.55 Å². The molecule has 1 aliphatic rings. The van der Waals surface area contributed by atoms with Crippen LogP contribution in [0.15, 0.2) is 12.1 Å². The first kappa shape index (κ1) is 13.4. The third-order valence-electron chi connectivity index (χ3n) is 4.69. The average molecular weight is 269 g/mol. The maximum atomic E-state index is 5.87. The average Bonchev–Trinajstić information content (AvgIpc) is 2.84. The minimum atomic E-state index is 0.525. The Kier molecular flexibility index (Phi) is 3.38. The monoisotopic (exact) mass is 269 g/mol. The van der Waals surface area contributed by atoms with E-state index >= 15 is 0 Å². The van der Waals surface area contributed by atoms with E-state index in [2.05, 4.69) is 37.5 Å². The smallest absolute Gasteiger partial charge is 0.123 e. The van der Waals surface area contributed by atoms with Gasteiger partial charge in [0, 0.05) is 17.8 Å². The Balaban J connectivity index is 2.20. The summed E-state index contributed by atoms with van der Waals surface area (Å²) in [6.07, 6.45) is 3.61. The lowest BCUT2D eigenvalue weighted by Crippen LogP contribution is -2.15. The SMILES string of the molecule is Cc1ccc(-c2nc(CN)n3c2CCCC3)c(C)c1C. The molecular weight excluding hydrogens is 246 g/mol. The van der Waals surface area contributed by atoms with Crippen LogP contribution in [0.25, 0.3) is 11.3 Å². The van der Waals surface area contributed by atoms with Crippen molar-refractivity contribution in [1.29, 1.82) is 0 Å². The second-order valence-electron chi connectivity index (χ2n) is 5.82. The van der Waals surface area contributed by atoms with Crippen LogP contribution in [0, 0.1) is 20.8 Å². The van der Waals surface area contributed by atoms with Crippen LogP contribution in [0.2, 0.25) is 0 Å². The summed E-state index contributed by atoms with van der Waals surface area (Å²) in [7, 11) is 0. The van der Waals surface area contributed by atoms with E-state index in [1.807, 2.05) is 0 Å². The highest BCUT2D eigenvalue weighted by Gasteiger charge is 2.21. The predicted octanol–water partition coefficient (Wildman–Crippen LogP) is 3.27. The summed E-state index contributed by atoms with van der Waals surface area (Å²) in [4.78, 5) is 4.85. The predicted molar refractivity (Wildman–Crippen MR) is 82.7 cm³/mol. The first-order valence-corrected chi connectivity index (χ1v) is 7.49. The molecule has 0 unspecified atom stereocenters. The fourth-order valence-corrected chi connectivity index (χ4v) is 3.20. The summed E-state index contributed by atoms with van der Waals surface area (Å²) in [6.45, 7) is 8.16. The first-order chi connectivity index (χ1) is 9.63. The van der Waals surface area contributed by atoms with Gasteiger partial charge in [-0.15, -0.1) is 0 Å². The molecule has 0 aliphatic carbocycles. The zero-order valence-corrected chi connectivity index (χ0v) is 12.7. The van der Waals surface area contributed by atoms with E-state index in [4.69, 9.17) is 10.7 Å². The molecule has 0 spiro atoms. The molecule has 20 heavy (non-hydrogen) atoms. The van der Waals surface area contributed by atoms with Crippen molar-refractivity contribution >= 4 is 0 Å². The minimum Gasteiger partial charge on any atom is -0.330 e. The molecule has 0 saturated heterocycles. The van der Waals surface area contributed by atoms with E-state index in [9.17, 15) is 0 Å². The lowest BCUT2D eigenvalue weighted by atomic mass is 9.95. The number of rotatable bonds is 2. The lowest BCUT2D eigenvalue weighted by Gasteiger charge is -2.18. The molecule has 0 saturated carbocycles. The molecule has 0 bridgehead atoms. The summed E-state index contributed by atoms with van der Waals surface area (Å²) in [5, 5.41) is 0. The van der Waals surface area contributed by atoms with Crippen LogP contribution >= 0.6 is 0 Å². The molecule has 3 nitrogen and oxygen atoms in total. The van der Waals surface area contributed by atoms with Gasteiger partial charge in [-0.2, -0.15) is 0 Å². The van der Waals surface area contributed by atoms with Gasteiger partial charge in [0.25, 0.3) is 0 Å². The van der Waals surface area contributed by atoms with Crippen LogP contribution in [0.3, 0.4) is 0 Å². The number of imidazole rings is 1. The Hall–Kier alpha value is -1.61. The summed E-state index contributed by atoms with van der Waals surface area (Å²) < 4.78 is 2.34. The number of benzene rings is 1. The van der Waals surface area contributed by atoms with Crippen LogP contribution in [0.4, 0.5) is 0 Å². The molecule has 0 radical (unpaired) electrons. The zero-order valence-electron chi connectivity index (χ0n) is 12.7. The number of hydrogen-bond donors (Lipinski definition) is 1. The van der Waals surface area contributed by atoms with Crippen molar-refractivity contribution in [2.75, 3.05) is 0 Å². The summed E-state index contributed by atoms with van der Waals surface area (Å²) in [5.74, 6) is 1.03. The Labute approximate surface area is 120 Å². The molecule has 1 aromatic carbocycles. The van der Waals surface area contributed by atoms with Crippen LogP contribution < -0.4 is 5.73 Å². The van der Waals surface area contributed by atoms with Crippen molar-refractivity contribution in [3.05, 3.63) is 40.3 Å². The molecule has 3 heteroatoms. The molecule has 0 amide bonds. The van der Waals surface area contributed by atoms with Gasteiger partial charge in [-0.1, -0.05) is 12.1 Å². The fraction of sp³-hybridized carbons (Fsp3) is 0.471. The van der Waals surface area contributed by atoms with Crippen molar-refractivity contribution < 1.29 is 0 Å². The van der Waals surface area contributed by atoms with Gasteiger partial charge >= 0.3 is 0 Å². The molecule has 106 valence electrons. The van der Waals surface area contributed by atoms with Crippen LogP contribution in [0.5, 0.6) is 0 Å². The number of hydrogen-bond acceptors (Lipinski definition) is 2. The normalized spacial score (nSPS) is 14.4. The summed E-state index contributed by atoms with van der Waals surface area (Å²) in [5.41, 5.74) is 13.7. The third kappa shape index (κ3) is 1.97. The van der Waals surface area contributed by atoms with Gasteiger partial charge in [0.1, 0.15) is 5.82 Å². The van der Waals surface area contributed by atoms with Gasteiger partial charge in [0.2, 0.25) is 0 Å².